The van der Waals surface area contributed by atoms with Crippen LogP contribution in [0.4, 0.5) is 0 Å². The number of aliphatic hydroxyl groups is 1. The molecule has 88 valence electrons. The van der Waals surface area contributed by atoms with Gasteiger partial charge >= 0.3 is 5.97 Å². The summed E-state index contributed by atoms with van der Waals surface area (Å²) >= 11 is 0. The molecule has 1 unspecified atom stereocenters. The second-order valence-electron chi connectivity index (χ2n) is 3.15. The van der Waals surface area contributed by atoms with Gasteiger partial charge in [-0.25, -0.2) is 4.79 Å². The second-order valence-corrected chi connectivity index (χ2v) is 3.15. The zero-order chi connectivity index (χ0) is 13.0. The fraction of sp³-hybridized carbons (Fsp3) is 0.182. The first-order valence-electron chi connectivity index (χ1n) is 4.53. The number of nitriles is 1. The van der Waals surface area contributed by atoms with Crippen LogP contribution in [0.2, 0.25) is 0 Å². The highest BCUT2D eigenvalue weighted by atomic mass is 16.5. The molecule has 0 aliphatic rings. The summed E-state index contributed by atoms with van der Waals surface area (Å²) in [6.07, 6.45) is -1.40. The molecule has 0 radical (unpaired) electrons. The van der Waals surface area contributed by atoms with Crippen LogP contribution in [-0.2, 0) is 4.79 Å². The second kappa shape index (κ2) is 5.09. The normalized spacial score (nSPS) is 11.4. The van der Waals surface area contributed by atoms with Gasteiger partial charge in [-0.1, -0.05) is 0 Å². The van der Waals surface area contributed by atoms with Gasteiger partial charge in [0, 0.05) is 11.1 Å². The van der Waals surface area contributed by atoms with Gasteiger partial charge in [-0.3, -0.25) is 4.79 Å². The van der Waals surface area contributed by atoms with Crippen molar-refractivity contribution in [3.63, 3.8) is 0 Å². The molecule has 6 heteroatoms. The van der Waals surface area contributed by atoms with E-state index in [0.717, 1.165) is 6.07 Å². The monoisotopic (exact) mass is 235 g/mol. The fourth-order valence-electron chi connectivity index (χ4n) is 1.33. The molecule has 1 rings (SSSR count). The number of ether oxygens (including phenoxy) is 1. The molecule has 0 heterocycles. The quantitative estimate of drug-likeness (QED) is 0.735. The molecule has 1 aromatic carbocycles. The van der Waals surface area contributed by atoms with Crippen molar-refractivity contribution >= 4 is 12.3 Å². The summed E-state index contributed by atoms with van der Waals surface area (Å²) in [7, 11) is 1.27. The van der Waals surface area contributed by atoms with Crippen LogP contribution in [-0.4, -0.2) is 29.6 Å². The number of methoxy groups -OCH3 is 1. The third kappa shape index (κ3) is 2.41. The maximum Gasteiger partial charge on any atom is 0.337 e. The number of hydrogen-bond acceptors (Lipinski definition) is 5. The van der Waals surface area contributed by atoms with Gasteiger partial charge in [-0.15, -0.1) is 0 Å². The molecule has 0 fully saturated rings. The smallest absolute Gasteiger partial charge is 0.337 e. The van der Waals surface area contributed by atoms with E-state index in [-0.39, 0.29) is 22.4 Å². The third-order valence-corrected chi connectivity index (χ3v) is 2.18. The molecule has 0 saturated heterocycles. The Morgan fingerprint density at radius 1 is 1.59 bits per heavy atom. The highest BCUT2D eigenvalue weighted by molar-refractivity contribution is 5.82. The van der Waals surface area contributed by atoms with Crippen molar-refractivity contribution in [1.29, 1.82) is 5.26 Å². The number of aldehydes is 1. The van der Waals surface area contributed by atoms with Gasteiger partial charge in [0.15, 0.2) is 12.4 Å². The van der Waals surface area contributed by atoms with Crippen molar-refractivity contribution in [1.82, 2.24) is 0 Å². The molecule has 0 spiro atoms. The van der Waals surface area contributed by atoms with E-state index in [9.17, 15) is 14.7 Å². The number of hydrogen-bond donors (Lipinski definition) is 2. The molecule has 0 aliphatic carbocycles. The minimum Gasteiger partial charge on any atom is -0.496 e. The molecule has 1 atom stereocenters. The van der Waals surface area contributed by atoms with E-state index < -0.39 is 12.1 Å². The van der Waals surface area contributed by atoms with Gasteiger partial charge in [0.2, 0.25) is 0 Å². The molecule has 2 N–H and O–H groups in total. The van der Waals surface area contributed by atoms with Crippen LogP contribution in [0.1, 0.15) is 27.6 Å². The number of nitrogens with zero attached hydrogens (tertiary/aromatic N) is 1. The van der Waals surface area contributed by atoms with Gasteiger partial charge in [-0.05, 0) is 12.1 Å². The van der Waals surface area contributed by atoms with Crippen molar-refractivity contribution in [2.75, 3.05) is 7.11 Å². The summed E-state index contributed by atoms with van der Waals surface area (Å²) in [5, 5.41) is 26.9. The maximum absolute atomic E-state index is 10.7. The molecule has 17 heavy (non-hydrogen) atoms. The van der Waals surface area contributed by atoms with Crippen LogP contribution in [0.5, 0.6) is 5.75 Å². The molecule has 0 aromatic heterocycles. The number of rotatable bonds is 4. The molecule has 0 aliphatic heterocycles. The lowest BCUT2D eigenvalue weighted by Crippen LogP contribution is -2.12. The van der Waals surface area contributed by atoms with E-state index in [1.807, 2.05) is 0 Å². The number of aliphatic hydroxyl groups excluding tert-OH is 1. The van der Waals surface area contributed by atoms with Crippen molar-refractivity contribution in [3.8, 4) is 11.8 Å². The highest BCUT2D eigenvalue weighted by Gasteiger charge is 2.22. The fourth-order valence-corrected chi connectivity index (χ4v) is 1.33. The first kappa shape index (κ1) is 12.7. The average molecular weight is 235 g/mol. The van der Waals surface area contributed by atoms with Gasteiger partial charge < -0.3 is 14.9 Å². The Labute approximate surface area is 96.7 Å². The zero-order valence-electron chi connectivity index (χ0n) is 8.88. The van der Waals surface area contributed by atoms with Crippen LogP contribution in [0.25, 0.3) is 0 Å². The number of carboxylic acids is 1. The third-order valence-electron chi connectivity index (χ3n) is 2.18. The van der Waals surface area contributed by atoms with Crippen LogP contribution in [0.15, 0.2) is 12.1 Å². The summed E-state index contributed by atoms with van der Waals surface area (Å²) in [6.45, 7) is 0. The van der Waals surface area contributed by atoms with Crippen molar-refractivity contribution in [2.45, 2.75) is 6.10 Å². The lowest BCUT2D eigenvalue weighted by molar-refractivity contribution is -0.147. The number of carbonyl (C=O) groups excluding carboxylic acids is 1. The Balaban J connectivity index is 3.44. The largest absolute Gasteiger partial charge is 0.496 e. The Morgan fingerprint density at radius 2 is 2.24 bits per heavy atom. The molecule has 1 aromatic rings. The molecule has 0 amide bonds. The first-order valence-corrected chi connectivity index (χ1v) is 4.53. The van der Waals surface area contributed by atoms with Crippen LogP contribution in [0, 0.1) is 11.3 Å². The Morgan fingerprint density at radius 3 is 2.65 bits per heavy atom. The van der Waals surface area contributed by atoms with Crippen LogP contribution in [0.3, 0.4) is 0 Å². The summed E-state index contributed by atoms with van der Waals surface area (Å²) in [5.41, 5.74) is -0.0112. The molecule has 0 saturated carbocycles. The molecule has 0 bridgehead atoms. The lowest BCUT2D eigenvalue weighted by atomic mass is 10.0. The lowest BCUT2D eigenvalue weighted by Gasteiger charge is -2.12. The van der Waals surface area contributed by atoms with Gasteiger partial charge in [0.1, 0.15) is 11.8 Å². The summed E-state index contributed by atoms with van der Waals surface area (Å²) in [4.78, 5) is 21.4. The van der Waals surface area contributed by atoms with Gasteiger partial charge in [-0.2, -0.15) is 5.26 Å². The highest BCUT2D eigenvalue weighted by Crippen LogP contribution is 2.28. The summed E-state index contributed by atoms with van der Waals surface area (Å²) in [5.74, 6) is -1.42. The predicted molar refractivity (Wildman–Crippen MR) is 55.7 cm³/mol. The first-order chi connectivity index (χ1) is 8.04. The van der Waals surface area contributed by atoms with E-state index in [1.54, 1.807) is 6.07 Å². The maximum atomic E-state index is 10.7. The van der Waals surface area contributed by atoms with E-state index in [0.29, 0.717) is 6.29 Å². The van der Waals surface area contributed by atoms with Crippen LogP contribution >= 0.6 is 0 Å². The number of carbonyl (C=O) groups is 2. The molecule has 6 nitrogen and oxygen atoms in total. The van der Waals surface area contributed by atoms with Crippen molar-refractivity contribution < 1.29 is 24.5 Å². The SMILES string of the molecule is COc1cc(C#N)c(C=O)cc1C(O)C(=O)O. The topological polar surface area (TPSA) is 108 Å². The Hall–Kier alpha value is -2.39. The number of benzene rings is 1. The number of aliphatic carboxylic acids is 1. The predicted octanol–water partition coefficient (Wildman–Crippen LogP) is 0.497. The van der Waals surface area contributed by atoms with Crippen molar-refractivity contribution in [2.24, 2.45) is 0 Å². The van der Waals surface area contributed by atoms with E-state index in [1.165, 1.54) is 13.2 Å². The van der Waals surface area contributed by atoms with E-state index >= 15 is 0 Å². The Kier molecular flexibility index (Phi) is 3.80. The average Bonchev–Trinajstić information content (AvgIpc) is 2.35. The summed E-state index contributed by atoms with van der Waals surface area (Å²) < 4.78 is 4.87. The standard InChI is InChI=1S/C11H9NO5/c1-17-9-3-6(4-12)7(5-13)2-8(9)10(14)11(15)16/h2-3,5,10,14H,1H3,(H,15,16). The Bertz CT molecular complexity index is 503. The van der Waals surface area contributed by atoms with E-state index in [2.05, 4.69) is 0 Å². The number of carboxylic acid groups (broad SMARTS) is 1. The van der Waals surface area contributed by atoms with Crippen molar-refractivity contribution in [3.05, 3.63) is 28.8 Å². The van der Waals surface area contributed by atoms with Gasteiger partial charge in [0.05, 0.1) is 12.7 Å². The minimum atomic E-state index is -1.81. The molecular weight excluding hydrogens is 226 g/mol. The minimum absolute atomic E-state index is 0.00333. The zero-order valence-corrected chi connectivity index (χ0v) is 8.88. The molecular formula is C11H9NO5. The van der Waals surface area contributed by atoms with E-state index in [4.69, 9.17) is 15.1 Å². The van der Waals surface area contributed by atoms with Gasteiger partial charge in [0.25, 0.3) is 0 Å². The summed E-state index contributed by atoms with van der Waals surface area (Å²) in [6, 6.07) is 4.12. The van der Waals surface area contributed by atoms with Crippen LogP contribution < -0.4 is 4.74 Å².